The van der Waals surface area contributed by atoms with Gasteiger partial charge in [0.1, 0.15) is 0 Å². The predicted molar refractivity (Wildman–Crippen MR) is 65.2 cm³/mol. The lowest BCUT2D eigenvalue weighted by molar-refractivity contribution is -0.0673. The fraction of sp³-hybridized carbons (Fsp3) is 0.571. The molecule has 0 spiro atoms. The molecule has 0 heterocycles. The Morgan fingerprint density at radius 3 is 2.24 bits per heavy atom. The first-order valence-corrected chi connectivity index (χ1v) is 6.11. The topological polar surface area (TPSA) is 26.0 Å². The van der Waals surface area contributed by atoms with E-state index >= 15 is 0 Å². The van der Waals surface area contributed by atoms with E-state index in [2.05, 4.69) is 0 Å². The SMILES string of the molecule is CC(C)(N)C(F)(F)c1ccc2c(c1)CCCC2. The number of fused-ring (bicyclic) bond motifs is 1. The minimum atomic E-state index is -2.99. The molecule has 2 N–H and O–H groups in total. The van der Waals surface area contributed by atoms with Crippen molar-refractivity contribution in [3.8, 4) is 0 Å². The van der Waals surface area contributed by atoms with E-state index in [1.165, 1.54) is 25.5 Å². The van der Waals surface area contributed by atoms with Crippen LogP contribution in [0.2, 0.25) is 0 Å². The van der Waals surface area contributed by atoms with Gasteiger partial charge < -0.3 is 5.73 Å². The molecule has 0 fully saturated rings. The highest BCUT2D eigenvalue weighted by Gasteiger charge is 2.45. The third-order valence-corrected chi connectivity index (χ3v) is 3.52. The van der Waals surface area contributed by atoms with Crippen LogP contribution in [0.1, 0.15) is 43.4 Å². The van der Waals surface area contributed by atoms with E-state index in [1.54, 1.807) is 6.07 Å². The monoisotopic (exact) mass is 239 g/mol. The maximum absolute atomic E-state index is 14.1. The highest BCUT2D eigenvalue weighted by molar-refractivity contribution is 5.36. The Balaban J connectivity index is 2.40. The third kappa shape index (κ3) is 2.21. The predicted octanol–water partition coefficient (Wildman–Crippen LogP) is 3.39. The fourth-order valence-corrected chi connectivity index (χ4v) is 2.30. The summed E-state index contributed by atoms with van der Waals surface area (Å²) >= 11 is 0. The number of rotatable bonds is 2. The summed E-state index contributed by atoms with van der Waals surface area (Å²) in [6.07, 6.45) is 4.16. The van der Waals surface area contributed by atoms with Gasteiger partial charge in [0.05, 0.1) is 5.54 Å². The summed E-state index contributed by atoms with van der Waals surface area (Å²) in [6.45, 7) is 2.74. The molecular formula is C14H19F2N. The van der Waals surface area contributed by atoms with E-state index in [-0.39, 0.29) is 5.56 Å². The number of benzene rings is 1. The quantitative estimate of drug-likeness (QED) is 0.841. The molecule has 1 aliphatic rings. The molecule has 2 rings (SSSR count). The highest BCUT2D eigenvalue weighted by Crippen LogP contribution is 2.38. The summed E-state index contributed by atoms with van der Waals surface area (Å²) in [5.74, 6) is -2.99. The van der Waals surface area contributed by atoms with E-state index < -0.39 is 11.5 Å². The maximum atomic E-state index is 14.1. The largest absolute Gasteiger partial charge is 0.320 e. The molecule has 0 amide bonds. The average molecular weight is 239 g/mol. The third-order valence-electron chi connectivity index (χ3n) is 3.52. The van der Waals surface area contributed by atoms with Crippen LogP contribution in [0.5, 0.6) is 0 Å². The van der Waals surface area contributed by atoms with Gasteiger partial charge in [0.15, 0.2) is 0 Å². The molecule has 0 unspecified atom stereocenters. The van der Waals surface area contributed by atoms with E-state index in [0.29, 0.717) is 0 Å². The molecular weight excluding hydrogens is 220 g/mol. The first-order valence-electron chi connectivity index (χ1n) is 6.11. The van der Waals surface area contributed by atoms with Crippen LogP contribution in [0, 0.1) is 0 Å². The molecule has 0 aliphatic heterocycles. The zero-order valence-corrected chi connectivity index (χ0v) is 10.4. The number of aryl methyl sites for hydroxylation is 2. The van der Waals surface area contributed by atoms with Crippen molar-refractivity contribution >= 4 is 0 Å². The summed E-state index contributed by atoms with van der Waals surface area (Å²) in [4.78, 5) is 0. The second-order valence-electron chi connectivity index (χ2n) is 5.49. The first-order chi connectivity index (χ1) is 7.82. The van der Waals surface area contributed by atoms with Crippen LogP contribution in [0.4, 0.5) is 8.78 Å². The van der Waals surface area contributed by atoms with Crippen molar-refractivity contribution in [3.05, 3.63) is 34.9 Å². The molecule has 0 saturated heterocycles. The van der Waals surface area contributed by atoms with Crippen LogP contribution in [-0.2, 0) is 18.8 Å². The maximum Gasteiger partial charge on any atom is 0.290 e. The van der Waals surface area contributed by atoms with Crippen LogP contribution < -0.4 is 5.73 Å². The standard InChI is InChI=1S/C14H19F2N/c1-13(2,17)14(15,16)12-8-7-10-5-3-4-6-11(10)9-12/h7-9H,3-6,17H2,1-2H3. The lowest BCUT2D eigenvalue weighted by Crippen LogP contribution is -2.48. The average Bonchev–Trinajstić information content (AvgIpc) is 2.27. The van der Waals surface area contributed by atoms with Crippen molar-refractivity contribution < 1.29 is 8.78 Å². The molecule has 1 aliphatic carbocycles. The van der Waals surface area contributed by atoms with Gasteiger partial charge in [0.2, 0.25) is 0 Å². The fourth-order valence-electron chi connectivity index (χ4n) is 2.30. The van der Waals surface area contributed by atoms with Gasteiger partial charge in [-0.15, -0.1) is 0 Å². The van der Waals surface area contributed by atoms with Crippen molar-refractivity contribution in [2.75, 3.05) is 0 Å². The van der Waals surface area contributed by atoms with Crippen molar-refractivity contribution in [2.45, 2.75) is 51.0 Å². The van der Waals surface area contributed by atoms with Crippen LogP contribution in [0.15, 0.2) is 18.2 Å². The molecule has 0 aromatic heterocycles. The Kier molecular flexibility index (Phi) is 2.98. The molecule has 1 nitrogen and oxygen atoms in total. The van der Waals surface area contributed by atoms with E-state index in [4.69, 9.17) is 5.73 Å². The van der Waals surface area contributed by atoms with Crippen LogP contribution in [0.25, 0.3) is 0 Å². The van der Waals surface area contributed by atoms with E-state index in [0.717, 1.165) is 31.2 Å². The van der Waals surface area contributed by atoms with Gasteiger partial charge in [-0.25, -0.2) is 0 Å². The second kappa shape index (κ2) is 4.05. The molecule has 94 valence electrons. The molecule has 1 aromatic carbocycles. The summed E-state index contributed by atoms with van der Waals surface area (Å²) < 4.78 is 28.2. The molecule has 17 heavy (non-hydrogen) atoms. The Bertz CT molecular complexity index is 419. The molecule has 3 heteroatoms. The molecule has 0 atom stereocenters. The minimum Gasteiger partial charge on any atom is -0.320 e. The van der Waals surface area contributed by atoms with Gasteiger partial charge in [-0.3, -0.25) is 0 Å². The first kappa shape index (κ1) is 12.5. The Morgan fingerprint density at radius 1 is 1.06 bits per heavy atom. The van der Waals surface area contributed by atoms with E-state index in [9.17, 15) is 8.78 Å². The lowest BCUT2D eigenvalue weighted by Gasteiger charge is -2.31. The van der Waals surface area contributed by atoms with E-state index in [1.807, 2.05) is 6.07 Å². The van der Waals surface area contributed by atoms with Gasteiger partial charge in [-0.1, -0.05) is 12.1 Å². The van der Waals surface area contributed by atoms with Crippen molar-refractivity contribution in [1.29, 1.82) is 0 Å². The number of hydrogen-bond acceptors (Lipinski definition) is 1. The Hall–Kier alpha value is -0.960. The van der Waals surface area contributed by atoms with Crippen LogP contribution in [-0.4, -0.2) is 5.54 Å². The Morgan fingerprint density at radius 2 is 1.65 bits per heavy atom. The van der Waals surface area contributed by atoms with Crippen molar-refractivity contribution in [1.82, 2.24) is 0 Å². The van der Waals surface area contributed by atoms with Crippen LogP contribution >= 0.6 is 0 Å². The smallest absolute Gasteiger partial charge is 0.290 e. The Labute approximate surface area is 101 Å². The molecule has 0 bridgehead atoms. The van der Waals surface area contributed by atoms with Crippen molar-refractivity contribution in [2.24, 2.45) is 5.73 Å². The number of nitrogens with two attached hydrogens (primary N) is 1. The van der Waals surface area contributed by atoms with Gasteiger partial charge in [-0.2, -0.15) is 8.78 Å². The van der Waals surface area contributed by atoms with Gasteiger partial charge >= 0.3 is 0 Å². The van der Waals surface area contributed by atoms with Gasteiger partial charge in [-0.05, 0) is 56.7 Å². The number of halogens is 2. The summed E-state index contributed by atoms with van der Waals surface area (Å²) in [5.41, 5.74) is 6.37. The normalized spacial score (nSPS) is 16.8. The lowest BCUT2D eigenvalue weighted by atomic mass is 9.85. The summed E-state index contributed by atoms with van der Waals surface area (Å²) in [5, 5.41) is 0. The summed E-state index contributed by atoms with van der Waals surface area (Å²) in [7, 11) is 0. The number of alkyl halides is 2. The summed E-state index contributed by atoms with van der Waals surface area (Å²) in [6, 6.07) is 5.01. The number of hydrogen-bond donors (Lipinski definition) is 1. The zero-order valence-electron chi connectivity index (χ0n) is 10.4. The second-order valence-corrected chi connectivity index (χ2v) is 5.49. The minimum absolute atomic E-state index is 0.0469. The molecule has 0 saturated carbocycles. The highest BCUT2D eigenvalue weighted by atomic mass is 19.3. The zero-order chi connectivity index (χ0) is 12.7. The van der Waals surface area contributed by atoms with Gasteiger partial charge in [0, 0.05) is 5.56 Å². The van der Waals surface area contributed by atoms with Crippen LogP contribution in [0.3, 0.4) is 0 Å². The van der Waals surface area contributed by atoms with Gasteiger partial charge in [0.25, 0.3) is 5.92 Å². The molecule has 0 radical (unpaired) electrons. The van der Waals surface area contributed by atoms with Crippen molar-refractivity contribution in [3.63, 3.8) is 0 Å². The molecule has 1 aromatic rings.